The van der Waals surface area contributed by atoms with E-state index in [1.165, 1.54) is 31.2 Å². The van der Waals surface area contributed by atoms with Crippen LogP contribution in [0.5, 0.6) is 5.75 Å². The molecule has 1 N–H and O–H groups in total. The first-order valence-electron chi connectivity index (χ1n) is 8.46. The first kappa shape index (κ1) is 19.8. The van der Waals surface area contributed by atoms with E-state index in [1.807, 2.05) is 0 Å². The van der Waals surface area contributed by atoms with Crippen LogP contribution < -0.4 is 10.1 Å². The van der Waals surface area contributed by atoms with Gasteiger partial charge in [-0.05, 0) is 31.0 Å². The Kier molecular flexibility index (Phi) is 5.33. The Morgan fingerprint density at radius 2 is 2.11 bits per heavy atom. The van der Waals surface area contributed by atoms with Crippen LogP contribution in [0.2, 0.25) is 5.02 Å². The average molecular weight is 407 g/mol. The van der Waals surface area contributed by atoms with Crippen molar-refractivity contribution in [1.82, 2.24) is 0 Å². The lowest BCUT2D eigenvalue weighted by molar-refractivity contribution is -0.384. The van der Waals surface area contributed by atoms with E-state index >= 15 is 0 Å². The third-order valence-electron chi connectivity index (χ3n) is 4.51. The van der Waals surface area contributed by atoms with Gasteiger partial charge in [0.25, 0.3) is 11.6 Å². The van der Waals surface area contributed by atoms with Crippen molar-refractivity contribution >= 4 is 34.7 Å². The van der Waals surface area contributed by atoms with Crippen molar-refractivity contribution in [1.29, 1.82) is 0 Å². The minimum Gasteiger partial charge on any atom is -0.480 e. The smallest absolute Gasteiger partial charge is 0.271 e. The summed E-state index contributed by atoms with van der Waals surface area (Å²) in [7, 11) is 0. The molecule has 28 heavy (non-hydrogen) atoms. The molecule has 3 rings (SSSR count). The third-order valence-corrected chi connectivity index (χ3v) is 4.84. The number of ether oxygens (including phenoxy) is 1. The molecule has 146 valence electrons. The molecule has 0 saturated carbocycles. The van der Waals surface area contributed by atoms with E-state index in [2.05, 4.69) is 5.32 Å². The van der Waals surface area contributed by atoms with Crippen molar-refractivity contribution in [2.24, 2.45) is 0 Å². The van der Waals surface area contributed by atoms with Gasteiger partial charge in [0.05, 0.1) is 21.2 Å². The number of hydrogen-bond acceptors (Lipinski definition) is 5. The van der Waals surface area contributed by atoms with E-state index in [-0.39, 0.29) is 51.4 Å². The quantitative estimate of drug-likeness (QED) is 0.583. The molecule has 1 aliphatic carbocycles. The maximum atomic E-state index is 14.1. The summed E-state index contributed by atoms with van der Waals surface area (Å²) in [5.74, 6) is -1.50. The summed E-state index contributed by atoms with van der Waals surface area (Å²) in [6, 6.07) is 6.16. The molecule has 1 amide bonds. The van der Waals surface area contributed by atoms with Crippen LogP contribution in [0.1, 0.15) is 42.1 Å². The number of non-ortho nitro benzene ring substituents is 1. The highest BCUT2D eigenvalue weighted by Crippen LogP contribution is 2.40. The van der Waals surface area contributed by atoms with E-state index in [1.54, 1.807) is 6.92 Å². The van der Waals surface area contributed by atoms with Gasteiger partial charge in [-0.25, -0.2) is 4.39 Å². The number of nitrogens with one attached hydrogen (secondary N) is 1. The van der Waals surface area contributed by atoms with Crippen LogP contribution >= 0.6 is 11.6 Å². The molecule has 2 atom stereocenters. The van der Waals surface area contributed by atoms with Crippen LogP contribution in [0.3, 0.4) is 0 Å². The molecule has 0 fully saturated rings. The molecular formula is C19H16ClFN2O5. The summed E-state index contributed by atoms with van der Waals surface area (Å²) in [5, 5.41) is 13.5. The lowest BCUT2D eigenvalue weighted by Gasteiger charge is -2.17. The Hall–Kier alpha value is -3.00. The molecule has 0 saturated heterocycles. The zero-order valence-corrected chi connectivity index (χ0v) is 15.7. The topological polar surface area (TPSA) is 98.5 Å². The Morgan fingerprint density at radius 3 is 2.79 bits per heavy atom. The Balaban J connectivity index is 1.81. The van der Waals surface area contributed by atoms with Crippen LogP contribution in [-0.4, -0.2) is 22.7 Å². The molecule has 1 aliphatic rings. The molecule has 0 heterocycles. The van der Waals surface area contributed by atoms with Crippen molar-refractivity contribution in [3.05, 3.63) is 62.4 Å². The van der Waals surface area contributed by atoms with E-state index in [9.17, 15) is 24.1 Å². The van der Waals surface area contributed by atoms with Gasteiger partial charge >= 0.3 is 0 Å². The zero-order chi connectivity index (χ0) is 20.6. The largest absolute Gasteiger partial charge is 0.480 e. The number of carbonyl (C=O) groups is 2. The lowest BCUT2D eigenvalue weighted by atomic mass is 10.0. The predicted octanol–water partition coefficient (Wildman–Crippen LogP) is 4.48. The second-order valence-electron chi connectivity index (χ2n) is 6.53. The first-order valence-corrected chi connectivity index (χ1v) is 8.84. The van der Waals surface area contributed by atoms with Crippen molar-refractivity contribution in [3.63, 3.8) is 0 Å². The highest BCUT2D eigenvalue weighted by molar-refractivity contribution is 6.33. The zero-order valence-electron chi connectivity index (χ0n) is 15.0. The first-order chi connectivity index (χ1) is 13.2. The van der Waals surface area contributed by atoms with Crippen LogP contribution in [0.4, 0.5) is 15.8 Å². The number of Topliss-reactive ketones (excluding diaryl/α,β-unsaturated/α-hetero) is 1. The molecule has 7 nitrogen and oxygen atoms in total. The molecule has 0 bridgehead atoms. The molecular weight excluding hydrogens is 391 g/mol. The molecule has 0 radical (unpaired) electrons. The van der Waals surface area contributed by atoms with Gasteiger partial charge in [-0.15, -0.1) is 0 Å². The predicted molar refractivity (Wildman–Crippen MR) is 101 cm³/mol. The number of fused-ring (bicyclic) bond motifs is 1. The van der Waals surface area contributed by atoms with E-state index in [0.29, 0.717) is 0 Å². The number of amides is 1. The molecule has 2 aromatic rings. The number of rotatable bonds is 5. The number of hydrogen-bond donors (Lipinski definition) is 1. The summed E-state index contributed by atoms with van der Waals surface area (Å²) in [6.07, 6.45) is -0.884. The lowest BCUT2D eigenvalue weighted by Crippen LogP contribution is -2.30. The summed E-state index contributed by atoms with van der Waals surface area (Å²) >= 11 is 5.97. The monoisotopic (exact) mass is 406 g/mol. The fourth-order valence-electron chi connectivity index (χ4n) is 3.12. The number of nitro groups is 1. The second-order valence-corrected chi connectivity index (χ2v) is 6.94. The maximum absolute atomic E-state index is 14.1. The molecule has 0 spiro atoms. The normalized spacial score (nSPS) is 16.4. The number of nitro benzene ring substituents is 1. The number of ketones is 1. The SMILES string of the molecule is C[C@H](Oc1ccc(F)c2c1C(=O)C[C@H]2C)C(=O)Nc1cc([N+](=O)[O-])ccc1Cl. The Bertz CT molecular complexity index is 995. The standard InChI is InChI=1S/C19H16ClFN2O5/c1-9-7-15(24)18-16(6-5-13(21)17(9)18)28-10(2)19(25)22-14-8-11(23(26)27)3-4-12(14)20/h3-6,8-10H,7H2,1-2H3,(H,22,25)/t9-,10+/m1/s1. The minimum atomic E-state index is -1.06. The van der Waals surface area contributed by atoms with Crippen molar-refractivity contribution in [2.75, 3.05) is 5.32 Å². The van der Waals surface area contributed by atoms with Gasteiger partial charge in [-0.3, -0.25) is 19.7 Å². The highest BCUT2D eigenvalue weighted by atomic mass is 35.5. The number of anilines is 1. The van der Waals surface area contributed by atoms with Gasteiger partial charge in [0.1, 0.15) is 11.6 Å². The fraction of sp³-hybridized carbons (Fsp3) is 0.263. The summed E-state index contributed by atoms with van der Waals surface area (Å²) in [6.45, 7) is 3.19. The van der Waals surface area contributed by atoms with Crippen LogP contribution in [-0.2, 0) is 4.79 Å². The van der Waals surface area contributed by atoms with E-state index in [0.717, 1.165) is 6.07 Å². The van der Waals surface area contributed by atoms with Crippen LogP contribution in [0.25, 0.3) is 0 Å². The van der Waals surface area contributed by atoms with Crippen LogP contribution in [0, 0.1) is 15.9 Å². The van der Waals surface area contributed by atoms with Gasteiger partial charge in [-0.2, -0.15) is 0 Å². The van der Waals surface area contributed by atoms with Gasteiger partial charge in [0, 0.05) is 24.1 Å². The molecule has 0 aliphatic heterocycles. The van der Waals surface area contributed by atoms with Gasteiger partial charge in [0.15, 0.2) is 11.9 Å². The van der Waals surface area contributed by atoms with Gasteiger partial charge in [-0.1, -0.05) is 18.5 Å². The van der Waals surface area contributed by atoms with E-state index in [4.69, 9.17) is 16.3 Å². The third kappa shape index (κ3) is 3.68. The minimum absolute atomic E-state index is 0.0605. The van der Waals surface area contributed by atoms with Crippen molar-refractivity contribution in [3.8, 4) is 5.75 Å². The summed E-state index contributed by atoms with van der Waals surface area (Å²) in [5.41, 5.74) is 0.270. The molecule has 2 aromatic carbocycles. The number of carbonyl (C=O) groups excluding carboxylic acids is 2. The molecule has 0 aromatic heterocycles. The second kappa shape index (κ2) is 7.55. The Labute approximate surface area is 164 Å². The number of halogens is 2. The molecule has 9 heteroatoms. The average Bonchev–Trinajstić information content (AvgIpc) is 2.94. The van der Waals surface area contributed by atoms with Gasteiger partial charge < -0.3 is 10.1 Å². The van der Waals surface area contributed by atoms with E-state index < -0.39 is 22.8 Å². The van der Waals surface area contributed by atoms with Crippen LogP contribution in [0.15, 0.2) is 30.3 Å². The van der Waals surface area contributed by atoms with Crippen molar-refractivity contribution in [2.45, 2.75) is 32.3 Å². The Morgan fingerprint density at radius 1 is 1.39 bits per heavy atom. The fourth-order valence-corrected chi connectivity index (χ4v) is 3.29. The van der Waals surface area contributed by atoms with Gasteiger partial charge in [0.2, 0.25) is 0 Å². The summed E-state index contributed by atoms with van der Waals surface area (Å²) < 4.78 is 19.7. The maximum Gasteiger partial charge on any atom is 0.271 e. The number of nitrogens with zero attached hydrogens (tertiary/aromatic N) is 1. The number of benzene rings is 2. The highest BCUT2D eigenvalue weighted by Gasteiger charge is 2.33. The summed E-state index contributed by atoms with van der Waals surface area (Å²) in [4.78, 5) is 34.9. The van der Waals surface area contributed by atoms with Crippen molar-refractivity contribution < 1.29 is 23.6 Å². The molecule has 0 unspecified atom stereocenters.